The third-order valence-electron chi connectivity index (χ3n) is 3.55. The van der Waals surface area contributed by atoms with E-state index in [0.717, 1.165) is 16.7 Å². The molecule has 2 rings (SSSR count). The minimum Gasteiger partial charge on any atom is -0.493 e. The summed E-state index contributed by atoms with van der Waals surface area (Å²) < 4.78 is 21.3. The van der Waals surface area contributed by atoms with E-state index >= 15 is 0 Å². The number of esters is 1. The maximum atomic E-state index is 12.2. The number of aryl methyl sites for hydroxylation is 2. The normalized spacial score (nSPS) is 10.2. The van der Waals surface area contributed by atoms with E-state index in [9.17, 15) is 4.79 Å². The Morgan fingerprint density at radius 1 is 0.833 bits per heavy atom. The molecule has 24 heavy (non-hydrogen) atoms. The monoisotopic (exact) mass is 330 g/mol. The molecule has 0 aromatic heterocycles. The van der Waals surface area contributed by atoms with E-state index in [1.807, 2.05) is 32.0 Å². The van der Waals surface area contributed by atoms with E-state index in [1.165, 1.54) is 0 Å². The van der Waals surface area contributed by atoms with Crippen molar-refractivity contribution in [1.29, 1.82) is 0 Å². The van der Waals surface area contributed by atoms with Crippen LogP contribution in [0.5, 0.6) is 17.2 Å². The summed E-state index contributed by atoms with van der Waals surface area (Å²) in [4.78, 5) is 12.2. The molecule has 0 fully saturated rings. The fraction of sp³-hybridized carbons (Fsp3) is 0.316. The lowest BCUT2D eigenvalue weighted by atomic mass is 10.1. The Bertz CT molecular complexity index is 691. The third kappa shape index (κ3) is 3.98. The summed E-state index contributed by atoms with van der Waals surface area (Å²) in [5.74, 6) is 1.18. The number of rotatable bonds is 6. The second-order valence-corrected chi connectivity index (χ2v) is 5.49. The van der Waals surface area contributed by atoms with Crippen LogP contribution in [0.15, 0.2) is 30.3 Å². The van der Waals surface area contributed by atoms with Crippen LogP contribution in [-0.4, -0.2) is 27.3 Å². The van der Waals surface area contributed by atoms with Gasteiger partial charge in [0.25, 0.3) is 0 Å². The van der Waals surface area contributed by atoms with Crippen molar-refractivity contribution in [2.24, 2.45) is 0 Å². The van der Waals surface area contributed by atoms with Gasteiger partial charge in [-0.25, -0.2) is 4.79 Å². The highest BCUT2D eigenvalue weighted by Gasteiger charge is 2.15. The Balaban J connectivity index is 2.18. The van der Waals surface area contributed by atoms with E-state index in [-0.39, 0.29) is 12.6 Å². The van der Waals surface area contributed by atoms with Crippen molar-refractivity contribution in [3.05, 3.63) is 52.6 Å². The van der Waals surface area contributed by atoms with Crippen LogP contribution in [0.25, 0.3) is 0 Å². The highest BCUT2D eigenvalue weighted by Crippen LogP contribution is 2.38. The van der Waals surface area contributed by atoms with Gasteiger partial charge in [0, 0.05) is 0 Å². The van der Waals surface area contributed by atoms with Gasteiger partial charge in [0.1, 0.15) is 6.61 Å². The maximum absolute atomic E-state index is 12.2. The van der Waals surface area contributed by atoms with Crippen LogP contribution in [0.4, 0.5) is 0 Å². The molecule has 0 aliphatic heterocycles. The lowest BCUT2D eigenvalue weighted by molar-refractivity contribution is 0.0472. The van der Waals surface area contributed by atoms with Crippen molar-refractivity contribution in [2.75, 3.05) is 21.3 Å². The molecular formula is C19H22O5. The fourth-order valence-electron chi connectivity index (χ4n) is 2.54. The maximum Gasteiger partial charge on any atom is 0.338 e. The van der Waals surface area contributed by atoms with Gasteiger partial charge in [-0.05, 0) is 43.7 Å². The number of carbonyl (C=O) groups is 1. The van der Waals surface area contributed by atoms with Crippen LogP contribution >= 0.6 is 0 Å². The van der Waals surface area contributed by atoms with Crippen molar-refractivity contribution in [1.82, 2.24) is 0 Å². The molecule has 128 valence electrons. The fourth-order valence-corrected chi connectivity index (χ4v) is 2.54. The summed E-state index contributed by atoms with van der Waals surface area (Å²) in [6, 6.07) is 9.15. The van der Waals surface area contributed by atoms with E-state index in [4.69, 9.17) is 18.9 Å². The van der Waals surface area contributed by atoms with Crippen LogP contribution in [0.3, 0.4) is 0 Å². The zero-order chi connectivity index (χ0) is 17.7. The lowest BCUT2D eigenvalue weighted by Crippen LogP contribution is -2.06. The van der Waals surface area contributed by atoms with E-state index < -0.39 is 0 Å². The standard InChI is InChI=1S/C19H22O5/c1-12-6-13(2)8-15(7-12)19(20)24-11-14-9-16(21-3)18(23-5)17(10-14)22-4/h6-10H,11H2,1-5H3. The van der Waals surface area contributed by atoms with Gasteiger partial charge in [-0.2, -0.15) is 0 Å². The number of methoxy groups -OCH3 is 3. The first kappa shape index (κ1) is 17.7. The summed E-state index contributed by atoms with van der Waals surface area (Å²) in [6.45, 7) is 4.01. The second kappa shape index (κ2) is 7.73. The molecule has 0 saturated carbocycles. The van der Waals surface area contributed by atoms with Gasteiger partial charge in [-0.15, -0.1) is 0 Å². The van der Waals surface area contributed by atoms with Crippen LogP contribution in [-0.2, 0) is 11.3 Å². The molecule has 0 radical (unpaired) electrons. The molecule has 2 aromatic rings. The summed E-state index contributed by atoms with van der Waals surface area (Å²) in [5, 5.41) is 0. The van der Waals surface area contributed by atoms with Crippen molar-refractivity contribution in [2.45, 2.75) is 20.5 Å². The molecule has 0 heterocycles. The van der Waals surface area contributed by atoms with Gasteiger partial charge in [0.2, 0.25) is 5.75 Å². The average molecular weight is 330 g/mol. The molecule has 0 aliphatic rings. The van der Waals surface area contributed by atoms with Crippen LogP contribution < -0.4 is 14.2 Å². The van der Waals surface area contributed by atoms with Gasteiger partial charge in [-0.1, -0.05) is 17.2 Å². The highest BCUT2D eigenvalue weighted by molar-refractivity contribution is 5.89. The van der Waals surface area contributed by atoms with Gasteiger partial charge in [0.05, 0.1) is 26.9 Å². The average Bonchev–Trinajstić information content (AvgIpc) is 2.57. The summed E-state index contributed by atoms with van der Waals surface area (Å²) in [5.41, 5.74) is 3.34. The molecule has 0 unspecified atom stereocenters. The van der Waals surface area contributed by atoms with E-state index in [1.54, 1.807) is 33.5 Å². The first-order valence-corrected chi connectivity index (χ1v) is 7.52. The Kier molecular flexibility index (Phi) is 5.68. The first-order chi connectivity index (χ1) is 11.5. The molecule has 0 N–H and O–H groups in total. The molecule has 0 spiro atoms. The number of carbonyl (C=O) groups excluding carboxylic acids is 1. The minimum absolute atomic E-state index is 0.114. The molecule has 0 saturated heterocycles. The van der Waals surface area contributed by atoms with Gasteiger partial charge < -0.3 is 18.9 Å². The molecule has 0 aliphatic carbocycles. The zero-order valence-corrected chi connectivity index (χ0v) is 14.6. The molecular weight excluding hydrogens is 308 g/mol. The summed E-state index contributed by atoms with van der Waals surface area (Å²) in [6.07, 6.45) is 0. The van der Waals surface area contributed by atoms with Crippen molar-refractivity contribution in [3.63, 3.8) is 0 Å². The second-order valence-electron chi connectivity index (χ2n) is 5.49. The number of hydrogen-bond acceptors (Lipinski definition) is 5. The van der Waals surface area contributed by atoms with Gasteiger partial charge in [0.15, 0.2) is 11.5 Å². The van der Waals surface area contributed by atoms with E-state index in [2.05, 4.69) is 0 Å². The van der Waals surface area contributed by atoms with Crippen LogP contribution in [0.1, 0.15) is 27.0 Å². The molecule has 5 nitrogen and oxygen atoms in total. The lowest BCUT2D eigenvalue weighted by Gasteiger charge is -2.14. The first-order valence-electron chi connectivity index (χ1n) is 7.52. The van der Waals surface area contributed by atoms with Crippen molar-refractivity contribution in [3.8, 4) is 17.2 Å². The van der Waals surface area contributed by atoms with Gasteiger partial charge >= 0.3 is 5.97 Å². The number of ether oxygens (including phenoxy) is 4. The summed E-state index contributed by atoms with van der Waals surface area (Å²) >= 11 is 0. The topological polar surface area (TPSA) is 54.0 Å². The Morgan fingerprint density at radius 3 is 1.83 bits per heavy atom. The Labute approximate surface area is 142 Å². The smallest absolute Gasteiger partial charge is 0.338 e. The molecule has 2 aromatic carbocycles. The predicted molar refractivity (Wildman–Crippen MR) is 91.1 cm³/mol. The number of benzene rings is 2. The Hall–Kier alpha value is -2.69. The highest BCUT2D eigenvalue weighted by atomic mass is 16.5. The Morgan fingerprint density at radius 2 is 1.38 bits per heavy atom. The zero-order valence-electron chi connectivity index (χ0n) is 14.6. The van der Waals surface area contributed by atoms with Crippen LogP contribution in [0.2, 0.25) is 0 Å². The predicted octanol–water partition coefficient (Wildman–Crippen LogP) is 3.69. The molecule has 0 amide bonds. The van der Waals surface area contributed by atoms with Gasteiger partial charge in [-0.3, -0.25) is 0 Å². The van der Waals surface area contributed by atoms with E-state index in [0.29, 0.717) is 22.8 Å². The SMILES string of the molecule is COc1cc(COC(=O)c2cc(C)cc(C)c2)cc(OC)c1OC. The summed E-state index contributed by atoms with van der Waals surface area (Å²) in [7, 11) is 4.63. The third-order valence-corrected chi connectivity index (χ3v) is 3.55. The van der Waals surface area contributed by atoms with Crippen molar-refractivity contribution < 1.29 is 23.7 Å². The number of hydrogen-bond donors (Lipinski definition) is 0. The largest absolute Gasteiger partial charge is 0.493 e. The molecule has 5 heteroatoms. The quantitative estimate of drug-likeness (QED) is 0.756. The molecule has 0 bridgehead atoms. The minimum atomic E-state index is -0.365. The van der Waals surface area contributed by atoms with Crippen molar-refractivity contribution >= 4 is 5.97 Å². The van der Waals surface area contributed by atoms with Crippen LogP contribution in [0, 0.1) is 13.8 Å². The molecule has 0 atom stereocenters.